The molecule has 1 aliphatic heterocycles. The number of hydrogen-bond acceptors (Lipinski definition) is 5. The fourth-order valence-corrected chi connectivity index (χ4v) is 4.10. The molecule has 2 aromatic rings. The number of carbonyl (C=O) groups is 1. The molecular weight excluding hydrogens is 402 g/mol. The standard InChI is InChI=1S/C20H18ClNO3S2/c1-12(2)25-15-7-4-13(5-8-15)10-18-19(23)22(20(26)27-18)14-6-9-17(24-3)16(21)11-14/h4-12H,1-3H3/b18-10-. The minimum atomic E-state index is -0.172. The van der Waals surface area contributed by atoms with Crippen molar-refractivity contribution in [1.29, 1.82) is 0 Å². The first-order valence-corrected chi connectivity index (χ1v) is 9.87. The monoisotopic (exact) mass is 419 g/mol. The molecule has 1 heterocycles. The molecule has 2 aromatic carbocycles. The zero-order chi connectivity index (χ0) is 19.6. The predicted octanol–water partition coefficient (Wildman–Crippen LogP) is 5.54. The molecular formula is C20H18ClNO3S2. The normalized spacial score (nSPS) is 15.7. The summed E-state index contributed by atoms with van der Waals surface area (Å²) < 4.78 is 11.3. The minimum absolute atomic E-state index is 0.114. The number of halogens is 1. The van der Waals surface area contributed by atoms with E-state index >= 15 is 0 Å². The van der Waals surface area contributed by atoms with Gasteiger partial charge in [0.15, 0.2) is 4.32 Å². The summed E-state index contributed by atoms with van der Waals surface area (Å²) in [6.45, 7) is 3.95. The fourth-order valence-electron chi connectivity index (χ4n) is 2.55. The van der Waals surface area contributed by atoms with Crippen molar-refractivity contribution in [2.45, 2.75) is 20.0 Å². The first-order chi connectivity index (χ1) is 12.9. The number of carbonyl (C=O) groups excluding carboxylic acids is 1. The highest BCUT2D eigenvalue weighted by atomic mass is 35.5. The van der Waals surface area contributed by atoms with Crippen LogP contribution in [0.5, 0.6) is 11.5 Å². The Hall–Kier alpha value is -2.02. The third-order valence-electron chi connectivity index (χ3n) is 3.74. The molecule has 0 aromatic heterocycles. The third-order valence-corrected chi connectivity index (χ3v) is 5.33. The summed E-state index contributed by atoms with van der Waals surface area (Å²) in [6, 6.07) is 12.7. The molecule has 0 saturated carbocycles. The lowest BCUT2D eigenvalue weighted by molar-refractivity contribution is -0.113. The fraction of sp³-hybridized carbons (Fsp3) is 0.200. The largest absolute Gasteiger partial charge is 0.495 e. The predicted molar refractivity (Wildman–Crippen MR) is 116 cm³/mol. The molecule has 140 valence electrons. The summed E-state index contributed by atoms with van der Waals surface area (Å²) in [5, 5.41) is 0.425. The van der Waals surface area contributed by atoms with Crippen molar-refractivity contribution >= 4 is 57.6 Å². The zero-order valence-electron chi connectivity index (χ0n) is 15.1. The molecule has 1 fully saturated rings. The summed E-state index contributed by atoms with van der Waals surface area (Å²) in [5.41, 5.74) is 1.52. The second kappa shape index (κ2) is 8.33. The van der Waals surface area contributed by atoms with Crippen molar-refractivity contribution in [2.75, 3.05) is 12.0 Å². The number of thioether (sulfide) groups is 1. The maximum absolute atomic E-state index is 12.8. The van der Waals surface area contributed by atoms with Gasteiger partial charge in [-0.25, -0.2) is 0 Å². The SMILES string of the molecule is COc1ccc(N2C(=O)/C(=C/c3ccc(OC(C)C)cc3)SC2=S)cc1Cl. The molecule has 0 radical (unpaired) electrons. The van der Waals surface area contributed by atoms with Crippen LogP contribution < -0.4 is 14.4 Å². The molecule has 0 spiro atoms. The van der Waals surface area contributed by atoms with E-state index in [1.807, 2.05) is 44.2 Å². The Morgan fingerprint density at radius 3 is 2.48 bits per heavy atom. The van der Waals surface area contributed by atoms with Gasteiger partial charge in [-0.15, -0.1) is 0 Å². The Balaban J connectivity index is 1.83. The number of benzene rings is 2. The van der Waals surface area contributed by atoms with E-state index in [9.17, 15) is 4.79 Å². The molecule has 1 amide bonds. The highest BCUT2D eigenvalue weighted by Gasteiger charge is 2.33. The molecule has 3 rings (SSSR count). The van der Waals surface area contributed by atoms with Crippen LogP contribution in [0, 0.1) is 0 Å². The van der Waals surface area contributed by atoms with Crippen molar-refractivity contribution in [3.63, 3.8) is 0 Å². The van der Waals surface area contributed by atoms with Gasteiger partial charge >= 0.3 is 0 Å². The molecule has 7 heteroatoms. The van der Waals surface area contributed by atoms with Gasteiger partial charge in [0.1, 0.15) is 11.5 Å². The van der Waals surface area contributed by atoms with E-state index < -0.39 is 0 Å². The lowest BCUT2D eigenvalue weighted by Crippen LogP contribution is -2.27. The summed E-state index contributed by atoms with van der Waals surface area (Å²) in [7, 11) is 1.54. The Morgan fingerprint density at radius 1 is 1.19 bits per heavy atom. The van der Waals surface area contributed by atoms with Crippen molar-refractivity contribution < 1.29 is 14.3 Å². The molecule has 0 N–H and O–H groups in total. The molecule has 0 bridgehead atoms. The Labute approximate surface area is 173 Å². The van der Waals surface area contributed by atoms with E-state index in [-0.39, 0.29) is 12.0 Å². The maximum atomic E-state index is 12.8. The number of thiocarbonyl (C=S) groups is 1. The number of anilines is 1. The zero-order valence-corrected chi connectivity index (χ0v) is 17.5. The smallest absolute Gasteiger partial charge is 0.270 e. The lowest BCUT2D eigenvalue weighted by Gasteiger charge is -2.15. The van der Waals surface area contributed by atoms with Crippen LogP contribution >= 0.6 is 35.6 Å². The van der Waals surface area contributed by atoms with E-state index in [2.05, 4.69) is 0 Å². The average Bonchev–Trinajstić information content (AvgIpc) is 2.89. The quantitative estimate of drug-likeness (QED) is 0.469. The molecule has 1 saturated heterocycles. The first kappa shape index (κ1) is 19.7. The Kier molecular flexibility index (Phi) is 6.09. The van der Waals surface area contributed by atoms with Gasteiger partial charge in [0.05, 0.1) is 28.8 Å². The average molecular weight is 420 g/mol. The van der Waals surface area contributed by atoms with Gasteiger partial charge in [-0.3, -0.25) is 9.69 Å². The summed E-state index contributed by atoms with van der Waals surface area (Å²) >= 11 is 12.8. The minimum Gasteiger partial charge on any atom is -0.495 e. The topological polar surface area (TPSA) is 38.8 Å². The van der Waals surface area contributed by atoms with Crippen LogP contribution in [-0.4, -0.2) is 23.4 Å². The van der Waals surface area contributed by atoms with Crippen molar-refractivity contribution in [3.8, 4) is 11.5 Å². The van der Waals surface area contributed by atoms with Crippen LogP contribution in [0.4, 0.5) is 5.69 Å². The van der Waals surface area contributed by atoms with Crippen molar-refractivity contribution in [2.24, 2.45) is 0 Å². The van der Waals surface area contributed by atoms with Crippen LogP contribution in [0.15, 0.2) is 47.4 Å². The maximum Gasteiger partial charge on any atom is 0.270 e. The number of methoxy groups -OCH3 is 1. The molecule has 4 nitrogen and oxygen atoms in total. The molecule has 1 aliphatic rings. The highest BCUT2D eigenvalue weighted by Crippen LogP contribution is 2.38. The first-order valence-electron chi connectivity index (χ1n) is 8.27. The summed E-state index contributed by atoms with van der Waals surface area (Å²) in [6.07, 6.45) is 1.94. The van der Waals surface area contributed by atoms with Crippen LogP contribution in [0.2, 0.25) is 5.02 Å². The van der Waals surface area contributed by atoms with Crippen molar-refractivity contribution in [1.82, 2.24) is 0 Å². The van der Waals surface area contributed by atoms with Crippen LogP contribution in [-0.2, 0) is 4.79 Å². The van der Waals surface area contributed by atoms with E-state index in [1.165, 1.54) is 16.7 Å². The van der Waals surface area contributed by atoms with E-state index in [0.29, 0.717) is 25.7 Å². The molecule has 27 heavy (non-hydrogen) atoms. The second-order valence-corrected chi connectivity index (χ2v) is 8.15. The van der Waals surface area contributed by atoms with E-state index in [4.69, 9.17) is 33.3 Å². The molecule has 0 unspecified atom stereocenters. The van der Waals surface area contributed by atoms with Gasteiger partial charge in [-0.05, 0) is 55.8 Å². The Morgan fingerprint density at radius 2 is 1.89 bits per heavy atom. The van der Waals surface area contributed by atoms with Gasteiger partial charge in [0, 0.05) is 0 Å². The van der Waals surface area contributed by atoms with Crippen molar-refractivity contribution in [3.05, 3.63) is 58.0 Å². The van der Waals surface area contributed by atoms with Gasteiger partial charge in [-0.2, -0.15) is 0 Å². The van der Waals surface area contributed by atoms with Crippen LogP contribution in [0.1, 0.15) is 19.4 Å². The van der Waals surface area contributed by atoms with E-state index in [0.717, 1.165) is 11.3 Å². The van der Waals surface area contributed by atoms with Crippen LogP contribution in [0.25, 0.3) is 6.08 Å². The lowest BCUT2D eigenvalue weighted by atomic mass is 10.2. The Bertz CT molecular complexity index is 910. The second-order valence-electron chi connectivity index (χ2n) is 6.07. The third kappa shape index (κ3) is 4.46. The number of hydrogen-bond donors (Lipinski definition) is 0. The number of rotatable bonds is 5. The number of amides is 1. The number of ether oxygens (including phenoxy) is 2. The highest BCUT2D eigenvalue weighted by molar-refractivity contribution is 8.27. The molecule has 0 aliphatic carbocycles. The van der Waals surface area contributed by atoms with Gasteiger partial charge in [0.25, 0.3) is 5.91 Å². The van der Waals surface area contributed by atoms with Gasteiger partial charge in [0.2, 0.25) is 0 Å². The summed E-state index contributed by atoms with van der Waals surface area (Å²) in [5.74, 6) is 1.17. The summed E-state index contributed by atoms with van der Waals surface area (Å²) in [4.78, 5) is 14.9. The van der Waals surface area contributed by atoms with Gasteiger partial charge in [-0.1, -0.05) is 47.7 Å². The molecule has 0 atom stereocenters. The number of nitrogens with zero attached hydrogens (tertiary/aromatic N) is 1. The van der Waals surface area contributed by atoms with Gasteiger partial charge < -0.3 is 9.47 Å². The van der Waals surface area contributed by atoms with E-state index in [1.54, 1.807) is 25.3 Å². The van der Waals surface area contributed by atoms with Crippen LogP contribution in [0.3, 0.4) is 0 Å².